The number of nitrogens with two attached hydrogens (primary N) is 1. The molecule has 0 fully saturated rings. The van der Waals surface area contributed by atoms with Crippen LogP contribution in [0.4, 0.5) is 0 Å². The van der Waals surface area contributed by atoms with Gasteiger partial charge in [-0.05, 0) is 24.7 Å². The molecule has 74 valence electrons. The molecule has 1 nitrogen and oxygen atoms in total. The van der Waals surface area contributed by atoms with E-state index in [-0.39, 0.29) is 0 Å². The first kappa shape index (κ1) is 12.0. The van der Waals surface area contributed by atoms with Crippen molar-refractivity contribution in [3.8, 4) is 0 Å². The van der Waals surface area contributed by atoms with Gasteiger partial charge in [0.2, 0.25) is 0 Å². The van der Waals surface area contributed by atoms with Gasteiger partial charge in [-0.3, -0.25) is 0 Å². The molecule has 2 N–H and O–H groups in total. The summed E-state index contributed by atoms with van der Waals surface area (Å²) in [6.45, 7) is 11.3. The maximum absolute atomic E-state index is 5.81. The molecule has 1 heteroatoms. The monoisotopic (exact) mass is 171 g/mol. The van der Waals surface area contributed by atoms with Crippen molar-refractivity contribution < 1.29 is 0 Å². The van der Waals surface area contributed by atoms with Gasteiger partial charge in [-0.1, -0.05) is 40.5 Å². The maximum Gasteiger partial charge on any atom is 0.00156 e. The highest BCUT2D eigenvalue weighted by molar-refractivity contribution is 4.78. The van der Waals surface area contributed by atoms with Crippen LogP contribution in [0.2, 0.25) is 0 Å². The first-order valence-electron chi connectivity index (χ1n) is 5.15. The van der Waals surface area contributed by atoms with Gasteiger partial charge in [0.1, 0.15) is 0 Å². The molecule has 2 unspecified atom stereocenters. The number of hydrogen-bond donors (Lipinski definition) is 1. The minimum Gasteiger partial charge on any atom is -0.328 e. The van der Waals surface area contributed by atoms with Gasteiger partial charge in [0.05, 0.1) is 0 Å². The quantitative estimate of drug-likeness (QED) is 0.675. The third-order valence-corrected chi connectivity index (χ3v) is 2.90. The SMILES string of the molecule is CCCC(C)C(C)(C)CC(C)N. The smallest absolute Gasteiger partial charge is 0.00156 e. The highest BCUT2D eigenvalue weighted by atomic mass is 14.6. The average Bonchev–Trinajstić information content (AvgIpc) is 1.85. The van der Waals surface area contributed by atoms with E-state index in [9.17, 15) is 0 Å². The van der Waals surface area contributed by atoms with Crippen LogP contribution in [0.1, 0.15) is 53.9 Å². The summed E-state index contributed by atoms with van der Waals surface area (Å²) in [5.74, 6) is 0.786. The maximum atomic E-state index is 5.81. The fourth-order valence-electron chi connectivity index (χ4n) is 1.85. The van der Waals surface area contributed by atoms with E-state index in [0.717, 1.165) is 12.3 Å². The Kier molecular flexibility index (Phi) is 4.84. The first-order valence-corrected chi connectivity index (χ1v) is 5.15. The van der Waals surface area contributed by atoms with Gasteiger partial charge in [0.25, 0.3) is 0 Å². The molecular formula is C11H25N. The summed E-state index contributed by atoms with van der Waals surface area (Å²) in [7, 11) is 0. The van der Waals surface area contributed by atoms with Crippen LogP contribution >= 0.6 is 0 Å². The summed E-state index contributed by atoms with van der Waals surface area (Å²) in [6.07, 6.45) is 3.73. The summed E-state index contributed by atoms with van der Waals surface area (Å²) in [5.41, 5.74) is 6.22. The Balaban J connectivity index is 3.99. The van der Waals surface area contributed by atoms with Crippen molar-refractivity contribution in [2.24, 2.45) is 17.1 Å². The second kappa shape index (κ2) is 4.86. The predicted octanol–water partition coefficient (Wildman–Crippen LogP) is 3.19. The van der Waals surface area contributed by atoms with Gasteiger partial charge in [0.15, 0.2) is 0 Å². The molecule has 0 aliphatic rings. The molecule has 0 saturated carbocycles. The van der Waals surface area contributed by atoms with Gasteiger partial charge in [-0.25, -0.2) is 0 Å². The van der Waals surface area contributed by atoms with Crippen molar-refractivity contribution in [2.45, 2.75) is 59.9 Å². The Labute approximate surface area is 77.7 Å². The third kappa shape index (κ3) is 4.10. The molecule has 0 spiro atoms. The molecule has 0 bridgehead atoms. The number of rotatable bonds is 5. The van der Waals surface area contributed by atoms with E-state index in [1.54, 1.807) is 0 Å². The van der Waals surface area contributed by atoms with Crippen molar-refractivity contribution in [3.05, 3.63) is 0 Å². The molecule has 0 aromatic carbocycles. The molecule has 0 radical (unpaired) electrons. The van der Waals surface area contributed by atoms with Crippen LogP contribution in [-0.2, 0) is 0 Å². The van der Waals surface area contributed by atoms with Crippen LogP contribution < -0.4 is 5.73 Å². The fraction of sp³-hybridized carbons (Fsp3) is 1.00. The van der Waals surface area contributed by atoms with Crippen LogP contribution in [0.3, 0.4) is 0 Å². The van der Waals surface area contributed by atoms with Gasteiger partial charge < -0.3 is 5.73 Å². The Bertz CT molecular complexity index is 116. The number of hydrogen-bond acceptors (Lipinski definition) is 1. The van der Waals surface area contributed by atoms with Crippen molar-refractivity contribution in [3.63, 3.8) is 0 Å². The zero-order valence-electron chi connectivity index (χ0n) is 9.35. The lowest BCUT2D eigenvalue weighted by Gasteiger charge is -2.33. The predicted molar refractivity (Wildman–Crippen MR) is 56.1 cm³/mol. The molecule has 0 aliphatic heterocycles. The standard InChI is InChI=1S/C11H25N/c1-6-7-9(2)11(4,5)8-10(3)12/h9-10H,6-8,12H2,1-5H3. The lowest BCUT2D eigenvalue weighted by atomic mass is 9.74. The molecule has 0 rings (SSSR count). The molecule has 0 heterocycles. The topological polar surface area (TPSA) is 26.0 Å². The third-order valence-electron chi connectivity index (χ3n) is 2.90. The molecule has 0 aliphatic carbocycles. The Morgan fingerprint density at radius 2 is 1.75 bits per heavy atom. The highest BCUT2D eigenvalue weighted by Crippen LogP contribution is 2.34. The van der Waals surface area contributed by atoms with Crippen LogP contribution in [0.15, 0.2) is 0 Å². The van der Waals surface area contributed by atoms with E-state index >= 15 is 0 Å². The summed E-state index contributed by atoms with van der Waals surface area (Å²) < 4.78 is 0. The van der Waals surface area contributed by atoms with Crippen LogP contribution in [0, 0.1) is 11.3 Å². The van der Waals surface area contributed by atoms with Gasteiger partial charge in [0, 0.05) is 6.04 Å². The zero-order chi connectivity index (χ0) is 9.78. The van der Waals surface area contributed by atoms with Gasteiger partial charge in [-0.15, -0.1) is 0 Å². The Morgan fingerprint density at radius 3 is 2.08 bits per heavy atom. The second-order valence-electron chi connectivity index (χ2n) is 4.86. The van der Waals surface area contributed by atoms with E-state index in [2.05, 4.69) is 34.6 Å². The fourth-order valence-corrected chi connectivity index (χ4v) is 1.85. The van der Waals surface area contributed by atoms with E-state index in [4.69, 9.17) is 5.73 Å². The molecule has 0 aromatic heterocycles. The van der Waals surface area contributed by atoms with Crippen molar-refractivity contribution in [2.75, 3.05) is 0 Å². The summed E-state index contributed by atoms with van der Waals surface area (Å²) in [5, 5.41) is 0. The largest absolute Gasteiger partial charge is 0.328 e. The molecular weight excluding hydrogens is 146 g/mol. The minimum absolute atomic E-state index is 0.333. The van der Waals surface area contributed by atoms with Crippen molar-refractivity contribution in [1.29, 1.82) is 0 Å². The lowest BCUT2D eigenvalue weighted by Crippen LogP contribution is -2.30. The normalized spacial score (nSPS) is 17.5. The van der Waals surface area contributed by atoms with Gasteiger partial charge >= 0.3 is 0 Å². The van der Waals surface area contributed by atoms with Crippen LogP contribution in [-0.4, -0.2) is 6.04 Å². The Morgan fingerprint density at radius 1 is 1.25 bits per heavy atom. The summed E-state index contributed by atoms with van der Waals surface area (Å²) in [4.78, 5) is 0. The first-order chi connectivity index (χ1) is 5.40. The summed E-state index contributed by atoms with van der Waals surface area (Å²) in [6, 6.07) is 0.333. The van der Waals surface area contributed by atoms with E-state index in [1.807, 2.05) is 0 Å². The Hall–Kier alpha value is -0.0400. The van der Waals surface area contributed by atoms with E-state index < -0.39 is 0 Å². The highest BCUT2D eigenvalue weighted by Gasteiger charge is 2.25. The molecule has 0 saturated heterocycles. The minimum atomic E-state index is 0.333. The lowest BCUT2D eigenvalue weighted by molar-refractivity contribution is 0.188. The van der Waals surface area contributed by atoms with E-state index in [1.165, 1.54) is 12.8 Å². The van der Waals surface area contributed by atoms with Crippen LogP contribution in [0.25, 0.3) is 0 Å². The molecule has 12 heavy (non-hydrogen) atoms. The summed E-state index contributed by atoms with van der Waals surface area (Å²) >= 11 is 0. The van der Waals surface area contributed by atoms with E-state index in [0.29, 0.717) is 11.5 Å². The van der Waals surface area contributed by atoms with Crippen molar-refractivity contribution in [1.82, 2.24) is 0 Å². The van der Waals surface area contributed by atoms with Gasteiger partial charge in [-0.2, -0.15) is 0 Å². The molecule has 2 atom stereocenters. The molecule has 0 amide bonds. The average molecular weight is 171 g/mol. The zero-order valence-corrected chi connectivity index (χ0v) is 9.35. The molecule has 0 aromatic rings. The second-order valence-corrected chi connectivity index (χ2v) is 4.86. The van der Waals surface area contributed by atoms with Crippen molar-refractivity contribution >= 4 is 0 Å². The van der Waals surface area contributed by atoms with Crippen LogP contribution in [0.5, 0.6) is 0 Å².